The zero-order valence-electron chi connectivity index (χ0n) is 26.5. The summed E-state index contributed by atoms with van der Waals surface area (Å²) in [6.45, 7) is 7.62. The molecule has 0 spiro atoms. The molecule has 0 aliphatic carbocycles. The van der Waals surface area contributed by atoms with Crippen molar-refractivity contribution >= 4 is 34.8 Å². The van der Waals surface area contributed by atoms with Crippen LogP contribution in [0.15, 0.2) is 66.7 Å². The second kappa shape index (κ2) is 12.7. The third-order valence-electron chi connectivity index (χ3n) is 9.32. The van der Waals surface area contributed by atoms with Crippen molar-refractivity contribution in [1.82, 2.24) is 25.3 Å². The summed E-state index contributed by atoms with van der Waals surface area (Å²) >= 11 is 0. The predicted octanol–water partition coefficient (Wildman–Crippen LogP) is 3.11. The summed E-state index contributed by atoms with van der Waals surface area (Å²) < 4.78 is 13.6. The normalized spacial score (nSPS) is 21.0. The number of carbonyl (C=O) groups is 4. The molecule has 2 fully saturated rings. The van der Waals surface area contributed by atoms with Gasteiger partial charge in [0.25, 0.3) is 0 Å². The quantitative estimate of drug-likeness (QED) is 0.340. The van der Waals surface area contributed by atoms with Gasteiger partial charge in [-0.1, -0.05) is 75.4 Å². The van der Waals surface area contributed by atoms with Crippen molar-refractivity contribution in [2.24, 2.45) is 5.41 Å². The van der Waals surface area contributed by atoms with E-state index in [2.05, 4.69) is 10.6 Å². The molecule has 0 radical (unpaired) electrons. The summed E-state index contributed by atoms with van der Waals surface area (Å²) in [6, 6.07) is 18.8. The van der Waals surface area contributed by atoms with Gasteiger partial charge in [-0.3, -0.25) is 19.2 Å². The molecule has 0 unspecified atom stereocenters. The number of hydrogen-bond donors (Lipinski definition) is 2. The second-order valence-corrected chi connectivity index (χ2v) is 13.1. The van der Waals surface area contributed by atoms with Gasteiger partial charge in [0.15, 0.2) is 11.9 Å². The third kappa shape index (κ3) is 6.21. The molecule has 3 aromatic rings. The predicted molar refractivity (Wildman–Crippen MR) is 170 cm³/mol. The smallest absolute Gasteiger partial charge is 0.245 e. The number of hydrogen-bond acceptors (Lipinski definition) is 6. The molecule has 238 valence electrons. The third-order valence-corrected chi connectivity index (χ3v) is 9.32. The number of halogens is 1. The number of nitrogens with zero attached hydrogens (tertiary/aromatic N) is 3. The number of likely N-dealkylation sites (N-methyl/N-ethyl adjacent to an activating group) is 1. The lowest BCUT2D eigenvalue weighted by molar-refractivity contribution is -0.160. The lowest BCUT2D eigenvalue weighted by atomic mass is 9.79. The Labute approximate surface area is 263 Å². The largest absolute Gasteiger partial charge is 0.337 e. The highest BCUT2D eigenvalue weighted by molar-refractivity contribution is 5.93. The molecule has 2 N–H and O–H groups in total. The monoisotopic (exact) mass is 615 g/mol. The van der Waals surface area contributed by atoms with Gasteiger partial charge in [-0.05, 0) is 54.4 Å². The number of aldehydes is 1. The van der Waals surface area contributed by atoms with Gasteiger partial charge < -0.3 is 20.4 Å². The van der Waals surface area contributed by atoms with E-state index in [0.29, 0.717) is 19.4 Å². The number of nitrogens with one attached hydrogen (secondary N) is 2. The first-order chi connectivity index (χ1) is 21.4. The second-order valence-electron chi connectivity index (χ2n) is 13.1. The van der Waals surface area contributed by atoms with Gasteiger partial charge in [-0.15, -0.1) is 0 Å². The van der Waals surface area contributed by atoms with Gasteiger partial charge in [0.05, 0.1) is 19.1 Å². The van der Waals surface area contributed by atoms with E-state index in [0.717, 1.165) is 28.2 Å². The Balaban J connectivity index is 1.53. The highest BCUT2D eigenvalue weighted by atomic mass is 19.1. The number of carbonyl (C=O) groups excluding carboxylic acids is 4. The van der Waals surface area contributed by atoms with Gasteiger partial charge in [0.1, 0.15) is 18.0 Å². The molecule has 9 nitrogen and oxygen atoms in total. The van der Waals surface area contributed by atoms with E-state index in [-0.39, 0.29) is 36.6 Å². The van der Waals surface area contributed by atoms with Crippen LogP contribution in [0, 0.1) is 11.2 Å². The Bertz CT molecular complexity index is 1590. The molecule has 0 bridgehead atoms. The van der Waals surface area contributed by atoms with E-state index in [1.54, 1.807) is 40.8 Å². The molecule has 3 amide bonds. The summed E-state index contributed by atoms with van der Waals surface area (Å²) in [7, 11) is 1.66. The lowest BCUT2D eigenvalue weighted by Gasteiger charge is -2.52. The maximum Gasteiger partial charge on any atom is 0.245 e. The van der Waals surface area contributed by atoms with Crippen LogP contribution in [0.1, 0.15) is 38.8 Å². The van der Waals surface area contributed by atoms with Crippen LogP contribution in [0.4, 0.5) is 4.39 Å². The van der Waals surface area contributed by atoms with Gasteiger partial charge >= 0.3 is 0 Å². The van der Waals surface area contributed by atoms with E-state index < -0.39 is 29.3 Å². The number of amides is 3. The topological polar surface area (TPSA) is 102 Å². The number of benzene rings is 3. The van der Waals surface area contributed by atoms with E-state index in [1.807, 2.05) is 63.2 Å². The zero-order valence-corrected chi connectivity index (χ0v) is 26.5. The highest BCUT2D eigenvalue weighted by Crippen LogP contribution is 2.39. The van der Waals surface area contributed by atoms with E-state index in [9.17, 15) is 23.6 Å². The summed E-state index contributed by atoms with van der Waals surface area (Å²) in [5.41, 5.74) is -0.572. The van der Waals surface area contributed by atoms with E-state index in [1.165, 1.54) is 12.1 Å². The average molecular weight is 616 g/mol. The SMILES string of the molecule is CN[C@@H](C)C(=O)N[C@@](C=O)(N1CC(=O)N2[C@@H](Cc3ccc4ccccc4c3)C(=O)N(CCc3ccc(F)cc3)C[C@@H]21)C(C)(C)C. The highest BCUT2D eigenvalue weighted by Gasteiger charge is 2.59. The van der Waals surface area contributed by atoms with Gasteiger partial charge in [0.2, 0.25) is 17.7 Å². The first kappa shape index (κ1) is 32.2. The van der Waals surface area contributed by atoms with Crippen molar-refractivity contribution in [3.63, 3.8) is 0 Å². The van der Waals surface area contributed by atoms with Crippen LogP contribution < -0.4 is 10.6 Å². The van der Waals surface area contributed by atoms with Crippen LogP contribution in [0.3, 0.4) is 0 Å². The average Bonchev–Trinajstić information content (AvgIpc) is 3.35. The van der Waals surface area contributed by atoms with Crippen LogP contribution in [0.5, 0.6) is 0 Å². The summed E-state index contributed by atoms with van der Waals surface area (Å²) in [5.74, 6) is -1.17. The molecule has 2 aliphatic rings. The molecule has 45 heavy (non-hydrogen) atoms. The maximum absolute atomic E-state index is 14.2. The van der Waals surface area contributed by atoms with E-state index in [4.69, 9.17) is 0 Å². The molecule has 2 saturated heterocycles. The Morgan fingerprint density at radius 1 is 1.02 bits per heavy atom. The lowest BCUT2D eigenvalue weighted by Crippen LogP contribution is -2.74. The van der Waals surface area contributed by atoms with Gasteiger partial charge in [-0.25, -0.2) is 9.29 Å². The molecule has 0 aromatic heterocycles. The first-order valence-electron chi connectivity index (χ1n) is 15.4. The van der Waals surface area contributed by atoms with Crippen molar-refractivity contribution in [3.8, 4) is 0 Å². The Kier molecular flexibility index (Phi) is 9.09. The van der Waals surface area contributed by atoms with Crippen molar-refractivity contribution in [3.05, 3.63) is 83.7 Å². The maximum atomic E-state index is 14.2. The van der Waals surface area contributed by atoms with Crippen molar-refractivity contribution in [1.29, 1.82) is 0 Å². The van der Waals surface area contributed by atoms with Crippen LogP contribution >= 0.6 is 0 Å². The Morgan fingerprint density at radius 2 is 1.69 bits per heavy atom. The summed E-state index contributed by atoms with van der Waals surface area (Å²) in [4.78, 5) is 59.6. The fourth-order valence-corrected chi connectivity index (χ4v) is 6.48. The molecule has 2 heterocycles. The number of piperazine rings is 1. The minimum atomic E-state index is -1.54. The molecular formula is C35H42FN5O4. The van der Waals surface area contributed by atoms with Crippen LogP contribution in [0.2, 0.25) is 0 Å². The van der Waals surface area contributed by atoms with Crippen molar-refractivity contribution in [2.75, 3.05) is 26.7 Å². The molecule has 5 rings (SSSR count). The van der Waals surface area contributed by atoms with Crippen molar-refractivity contribution in [2.45, 2.75) is 64.4 Å². The Hall–Kier alpha value is -4.15. The number of rotatable bonds is 10. The molecule has 0 saturated carbocycles. The first-order valence-corrected chi connectivity index (χ1v) is 15.4. The molecule has 4 atom stereocenters. The Morgan fingerprint density at radius 3 is 2.33 bits per heavy atom. The standard InChI is InChI=1S/C35H42FN5O4/c1-23(37-5)32(44)38-35(22-42,34(2,3)4)40-21-31(43)41-29(19-25-10-13-26-8-6-7-9-27(26)18-25)33(45)39(20-30(40)41)17-16-24-11-14-28(36)15-12-24/h6-15,18,22-23,29-30,37H,16-17,19-21H2,1-5H3,(H,38,44)/t23-,29-,30+,35-/m0/s1. The van der Waals surface area contributed by atoms with Crippen LogP contribution in [0.25, 0.3) is 10.8 Å². The van der Waals surface area contributed by atoms with Gasteiger partial charge in [0, 0.05) is 18.4 Å². The fourth-order valence-electron chi connectivity index (χ4n) is 6.48. The molecular weight excluding hydrogens is 573 g/mol. The summed E-state index contributed by atoms with van der Waals surface area (Å²) in [5, 5.41) is 8.00. The molecule has 2 aliphatic heterocycles. The number of fused-ring (bicyclic) bond motifs is 2. The van der Waals surface area contributed by atoms with E-state index >= 15 is 0 Å². The van der Waals surface area contributed by atoms with Crippen molar-refractivity contribution < 1.29 is 23.6 Å². The zero-order chi connectivity index (χ0) is 32.5. The summed E-state index contributed by atoms with van der Waals surface area (Å²) in [6.07, 6.45) is 0.842. The minimum absolute atomic E-state index is 0.137. The van der Waals surface area contributed by atoms with Crippen LogP contribution in [-0.4, -0.2) is 89.3 Å². The van der Waals surface area contributed by atoms with Crippen LogP contribution in [-0.2, 0) is 32.0 Å². The van der Waals surface area contributed by atoms with Gasteiger partial charge in [-0.2, -0.15) is 0 Å². The molecule has 3 aromatic carbocycles. The fraction of sp³-hybridized carbons (Fsp3) is 0.429. The minimum Gasteiger partial charge on any atom is -0.337 e. The molecule has 10 heteroatoms.